The van der Waals surface area contributed by atoms with Gasteiger partial charge in [-0.15, -0.1) is 11.7 Å². The summed E-state index contributed by atoms with van der Waals surface area (Å²) in [6, 6.07) is 14.8. The van der Waals surface area contributed by atoms with E-state index in [1.54, 1.807) is 30.3 Å². The van der Waals surface area contributed by atoms with E-state index >= 15 is 0 Å². The average Bonchev–Trinajstić information content (AvgIpc) is 3.51. The molecule has 1 fully saturated rings. The van der Waals surface area contributed by atoms with Crippen molar-refractivity contribution >= 4 is 40.6 Å². The molecule has 1 N–H and O–H groups in total. The van der Waals surface area contributed by atoms with Gasteiger partial charge in [0.2, 0.25) is 11.8 Å². The number of hydrogen-bond acceptors (Lipinski definition) is 7. The summed E-state index contributed by atoms with van der Waals surface area (Å²) < 4.78 is 50.1. The summed E-state index contributed by atoms with van der Waals surface area (Å²) in [4.78, 5) is 26.9. The van der Waals surface area contributed by atoms with Crippen LogP contribution in [0.15, 0.2) is 87.9 Å². The highest BCUT2D eigenvalue weighted by Gasteiger charge is 2.38. The Morgan fingerprint density at radius 3 is 2.67 bits per heavy atom. The van der Waals surface area contributed by atoms with Gasteiger partial charge < -0.3 is 14.5 Å². The van der Waals surface area contributed by atoms with Crippen LogP contribution in [-0.2, 0) is 15.8 Å². The average molecular weight is 571 g/mol. The van der Waals surface area contributed by atoms with Crippen LogP contribution in [0.3, 0.4) is 0 Å². The van der Waals surface area contributed by atoms with E-state index < -0.39 is 17.0 Å². The molecule has 40 heavy (non-hydrogen) atoms. The predicted octanol–water partition coefficient (Wildman–Crippen LogP) is 6.21. The van der Waals surface area contributed by atoms with Crippen molar-refractivity contribution in [3.05, 3.63) is 84.6 Å². The van der Waals surface area contributed by atoms with Gasteiger partial charge in [-0.1, -0.05) is 30.0 Å². The lowest BCUT2D eigenvalue weighted by molar-refractivity contribution is -0.137. The monoisotopic (exact) mass is 570 g/mol. The largest absolute Gasteiger partial charge is 0.494 e. The van der Waals surface area contributed by atoms with Crippen molar-refractivity contribution in [1.29, 1.82) is 0 Å². The summed E-state index contributed by atoms with van der Waals surface area (Å²) in [6.07, 6.45) is -1.72. The first-order valence-corrected chi connectivity index (χ1v) is 13.1. The van der Waals surface area contributed by atoms with Gasteiger partial charge in [0.05, 0.1) is 18.4 Å². The summed E-state index contributed by atoms with van der Waals surface area (Å²) in [5.74, 6) is 0.539. The van der Waals surface area contributed by atoms with Crippen molar-refractivity contribution in [2.24, 2.45) is 10.2 Å². The zero-order valence-electron chi connectivity index (χ0n) is 21.4. The van der Waals surface area contributed by atoms with Gasteiger partial charge in [-0.05, 0) is 55.5 Å². The lowest BCUT2D eigenvalue weighted by Crippen LogP contribution is -2.33. The second-order valence-electron chi connectivity index (χ2n) is 8.46. The fourth-order valence-electron chi connectivity index (χ4n) is 3.76. The summed E-state index contributed by atoms with van der Waals surface area (Å²) in [7, 11) is 0. The van der Waals surface area contributed by atoms with Crippen LogP contribution in [0.2, 0.25) is 0 Å². The third kappa shape index (κ3) is 7.20. The number of amidine groups is 1. The molecule has 4 rings (SSSR count). The summed E-state index contributed by atoms with van der Waals surface area (Å²) in [5, 5.41) is 10.5. The maximum atomic E-state index is 13.0. The Morgan fingerprint density at radius 2 is 1.98 bits per heavy atom. The molecule has 2 aromatic carbocycles. The topological polar surface area (TPSA) is 96.5 Å². The minimum Gasteiger partial charge on any atom is -0.494 e. The number of amides is 2. The summed E-state index contributed by atoms with van der Waals surface area (Å²) in [6.45, 7) is 6.25. The lowest BCUT2D eigenvalue weighted by Gasteiger charge is -2.13. The van der Waals surface area contributed by atoms with E-state index in [1.807, 2.05) is 6.92 Å². The molecule has 0 radical (unpaired) electrons. The molecular weight excluding hydrogens is 545 g/mol. The molecular formula is C28H25F3N4O4S. The molecule has 0 aliphatic carbocycles. The molecule has 2 heterocycles. The molecule has 2 amide bonds. The molecule has 0 bridgehead atoms. The van der Waals surface area contributed by atoms with Gasteiger partial charge in [0.1, 0.15) is 22.5 Å². The van der Waals surface area contributed by atoms with E-state index in [4.69, 9.17) is 9.15 Å². The van der Waals surface area contributed by atoms with Gasteiger partial charge in [0.25, 0.3) is 0 Å². The zero-order valence-corrected chi connectivity index (χ0v) is 22.2. The Bertz CT molecular complexity index is 1430. The number of carbonyl (C=O) groups excluding carboxylic acids is 2. The van der Waals surface area contributed by atoms with Crippen LogP contribution < -0.4 is 10.1 Å². The first-order chi connectivity index (χ1) is 19.2. The molecule has 0 saturated carbocycles. The normalized spacial score (nSPS) is 16.6. The lowest BCUT2D eigenvalue weighted by atomic mass is 10.1. The van der Waals surface area contributed by atoms with Gasteiger partial charge in [-0.25, -0.2) is 0 Å². The Balaban J connectivity index is 1.41. The minimum absolute atomic E-state index is 0.0778. The van der Waals surface area contributed by atoms with E-state index in [9.17, 15) is 22.8 Å². The van der Waals surface area contributed by atoms with Crippen LogP contribution in [0, 0.1) is 0 Å². The number of nitrogens with zero attached hydrogens (tertiary/aromatic N) is 3. The van der Waals surface area contributed by atoms with E-state index in [-0.39, 0.29) is 47.0 Å². The fourth-order valence-corrected chi connectivity index (χ4v) is 4.86. The third-order valence-electron chi connectivity index (χ3n) is 5.58. The van der Waals surface area contributed by atoms with Crippen LogP contribution in [0.4, 0.5) is 18.9 Å². The van der Waals surface area contributed by atoms with Crippen molar-refractivity contribution in [1.82, 2.24) is 4.90 Å². The molecule has 1 saturated heterocycles. The van der Waals surface area contributed by atoms with E-state index in [0.29, 0.717) is 18.0 Å². The zero-order chi connectivity index (χ0) is 28.7. The van der Waals surface area contributed by atoms with Crippen LogP contribution in [-0.4, -0.2) is 46.5 Å². The standard InChI is InChI=1S/C28H25F3N4O4S/c1-3-14-35-26(37)24(16-25(36)33-20-8-10-21(11-9-20)38-4-2)40-27(35)34-32-17-22-12-13-23(39-22)18-6-5-7-19(15-18)28(29,30)31/h3,5-13,15,17,24H,1,4,14,16H2,2H3,(H,33,36)/b32-17+,34-27-. The number of rotatable bonds is 10. The van der Waals surface area contributed by atoms with Crippen LogP contribution in [0.25, 0.3) is 11.3 Å². The highest BCUT2D eigenvalue weighted by Crippen LogP contribution is 2.33. The number of anilines is 1. The van der Waals surface area contributed by atoms with E-state index in [1.165, 1.54) is 35.4 Å². The Morgan fingerprint density at radius 1 is 1.20 bits per heavy atom. The van der Waals surface area contributed by atoms with Crippen molar-refractivity contribution in [3.8, 4) is 17.1 Å². The van der Waals surface area contributed by atoms with E-state index in [0.717, 1.165) is 23.9 Å². The number of carbonyl (C=O) groups is 2. The number of nitrogens with one attached hydrogen (secondary N) is 1. The molecule has 0 spiro atoms. The first-order valence-electron chi connectivity index (χ1n) is 12.2. The smallest absolute Gasteiger partial charge is 0.416 e. The second-order valence-corrected chi connectivity index (χ2v) is 9.63. The molecule has 8 nitrogen and oxygen atoms in total. The first kappa shape index (κ1) is 28.7. The highest BCUT2D eigenvalue weighted by atomic mass is 32.2. The van der Waals surface area contributed by atoms with Crippen molar-refractivity contribution in [2.75, 3.05) is 18.5 Å². The number of hydrogen-bond donors (Lipinski definition) is 1. The Hall–Kier alpha value is -4.32. The molecule has 1 atom stereocenters. The van der Waals surface area contributed by atoms with Crippen molar-refractivity contribution < 1.29 is 31.9 Å². The van der Waals surface area contributed by atoms with Gasteiger partial charge in [-0.2, -0.15) is 18.3 Å². The third-order valence-corrected chi connectivity index (χ3v) is 6.75. The van der Waals surface area contributed by atoms with Gasteiger partial charge in [0.15, 0.2) is 5.17 Å². The number of ether oxygens (including phenoxy) is 1. The number of halogens is 3. The summed E-state index contributed by atoms with van der Waals surface area (Å²) >= 11 is 1.10. The van der Waals surface area contributed by atoms with Crippen LogP contribution >= 0.6 is 11.8 Å². The maximum Gasteiger partial charge on any atom is 0.416 e. The van der Waals surface area contributed by atoms with Crippen LogP contribution in [0.1, 0.15) is 24.7 Å². The van der Waals surface area contributed by atoms with Crippen molar-refractivity contribution in [3.63, 3.8) is 0 Å². The number of furan rings is 1. The predicted molar refractivity (Wildman–Crippen MR) is 148 cm³/mol. The molecule has 1 aromatic heterocycles. The number of thioether (sulfide) groups is 1. The SMILES string of the molecule is C=CCN1C(=O)C(CC(=O)Nc2ccc(OCC)cc2)S/C1=N\N=C\c1ccc(-c2cccc(C(F)(F)F)c2)o1. The highest BCUT2D eigenvalue weighted by molar-refractivity contribution is 8.15. The molecule has 12 heteroatoms. The number of benzene rings is 2. The maximum absolute atomic E-state index is 13.0. The van der Waals surface area contributed by atoms with Gasteiger partial charge >= 0.3 is 6.18 Å². The Kier molecular flexibility index (Phi) is 9.10. The molecule has 1 aliphatic heterocycles. The van der Waals surface area contributed by atoms with Crippen LogP contribution in [0.5, 0.6) is 5.75 Å². The molecule has 1 aliphatic rings. The van der Waals surface area contributed by atoms with Gasteiger partial charge in [-0.3, -0.25) is 14.5 Å². The number of alkyl halides is 3. The summed E-state index contributed by atoms with van der Waals surface area (Å²) in [5.41, 5.74) is 0.0606. The quantitative estimate of drug-likeness (QED) is 0.178. The fraction of sp³-hybridized carbons (Fsp3) is 0.214. The molecule has 1 unspecified atom stereocenters. The molecule has 208 valence electrons. The van der Waals surface area contributed by atoms with Gasteiger partial charge in [0, 0.05) is 24.2 Å². The van der Waals surface area contributed by atoms with E-state index in [2.05, 4.69) is 22.1 Å². The minimum atomic E-state index is -4.47. The van der Waals surface area contributed by atoms with Crippen molar-refractivity contribution in [2.45, 2.75) is 24.8 Å². The molecule has 3 aromatic rings. The Labute approximate surface area is 232 Å². The second kappa shape index (κ2) is 12.7.